The second-order valence-corrected chi connectivity index (χ2v) is 7.96. The number of aromatic nitrogens is 6. The van der Waals surface area contributed by atoms with Gasteiger partial charge in [-0.2, -0.15) is 9.78 Å². The largest absolute Gasteiger partial charge is 0.451 e. The van der Waals surface area contributed by atoms with Gasteiger partial charge in [0, 0.05) is 11.6 Å². The first-order valence-corrected chi connectivity index (χ1v) is 11.1. The van der Waals surface area contributed by atoms with Crippen LogP contribution in [0.15, 0.2) is 84.5 Å². The monoisotopic (exact) mass is 471 g/mol. The van der Waals surface area contributed by atoms with Gasteiger partial charge in [-0.25, -0.2) is 9.48 Å². The Kier molecular flexibility index (Phi) is 5.91. The van der Waals surface area contributed by atoms with E-state index in [4.69, 9.17) is 4.74 Å². The van der Waals surface area contributed by atoms with Gasteiger partial charge in [0.05, 0.1) is 17.1 Å². The van der Waals surface area contributed by atoms with Gasteiger partial charge in [-0.3, -0.25) is 4.79 Å². The molecular formula is C23H17N7O3S. The smallest absolute Gasteiger partial charge is 0.351 e. The number of nitrogens with zero attached hydrogens (tertiary/aromatic N) is 6. The first kappa shape index (κ1) is 21.2. The Labute approximate surface area is 197 Å². The molecule has 0 aliphatic carbocycles. The van der Waals surface area contributed by atoms with E-state index in [1.165, 1.54) is 22.3 Å². The average molecular weight is 472 g/mol. The molecule has 0 fully saturated rings. The molecule has 2 aromatic carbocycles. The average Bonchev–Trinajstić information content (AvgIpc) is 3.64. The van der Waals surface area contributed by atoms with E-state index in [0.29, 0.717) is 22.1 Å². The molecule has 1 amide bonds. The summed E-state index contributed by atoms with van der Waals surface area (Å²) in [6.07, 6.45) is 1.38. The lowest BCUT2D eigenvalue weighted by molar-refractivity contribution is -0.119. The predicted octanol–water partition coefficient (Wildman–Crippen LogP) is 3.37. The number of rotatable bonds is 7. The lowest BCUT2D eigenvalue weighted by atomic mass is 10.2. The summed E-state index contributed by atoms with van der Waals surface area (Å²) in [5.41, 5.74) is 2.87. The third-order valence-electron chi connectivity index (χ3n) is 4.81. The Morgan fingerprint density at radius 3 is 2.50 bits per heavy atom. The highest BCUT2D eigenvalue weighted by atomic mass is 32.1. The second-order valence-electron chi connectivity index (χ2n) is 7.04. The number of hydrogen-bond acceptors (Lipinski definition) is 8. The van der Waals surface area contributed by atoms with Gasteiger partial charge in [0.1, 0.15) is 17.0 Å². The van der Waals surface area contributed by atoms with Crippen molar-refractivity contribution in [3.63, 3.8) is 0 Å². The molecule has 0 aliphatic rings. The predicted molar refractivity (Wildman–Crippen MR) is 125 cm³/mol. The fraction of sp³-hybridized carbons (Fsp3) is 0.0435. The fourth-order valence-corrected chi connectivity index (χ4v) is 4.04. The number of carbonyl (C=O) groups excluding carboxylic acids is 2. The normalized spacial score (nSPS) is 10.7. The second kappa shape index (κ2) is 9.46. The van der Waals surface area contributed by atoms with Gasteiger partial charge in [-0.15, -0.1) is 16.4 Å². The number of para-hydroxylation sites is 1. The van der Waals surface area contributed by atoms with E-state index in [9.17, 15) is 9.59 Å². The van der Waals surface area contributed by atoms with Crippen molar-refractivity contribution in [2.45, 2.75) is 0 Å². The molecule has 5 aromatic rings. The van der Waals surface area contributed by atoms with Crippen LogP contribution < -0.4 is 5.32 Å². The summed E-state index contributed by atoms with van der Waals surface area (Å²) in [5, 5.41) is 20.1. The highest BCUT2D eigenvalue weighted by Crippen LogP contribution is 2.25. The molecule has 3 aromatic heterocycles. The van der Waals surface area contributed by atoms with Crippen LogP contribution in [0.3, 0.4) is 0 Å². The highest BCUT2D eigenvalue weighted by molar-refractivity contribution is 7.12. The van der Waals surface area contributed by atoms with Gasteiger partial charge in [-0.05, 0) is 34.0 Å². The first-order valence-electron chi connectivity index (χ1n) is 10.2. The van der Waals surface area contributed by atoms with Gasteiger partial charge in [0.25, 0.3) is 5.91 Å². The van der Waals surface area contributed by atoms with Crippen molar-refractivity contribution in [2.24, 2.45) is 0 Å². The number of hydrogen-bond donors (Lipinski definition) is 1. The van der Waals surface area contributed by atoms with Crippen molar-refractivity contribution >= 4 is 29.0 Å². The Bertz CT molecular complexity index is 1410. The Morgan fingerprint density at radius 2 is 1.76 bits per heavy atom. The summed E-state index contributed by atoms with van der Waals surface area (Å²) in [6, 6.07) is 22.5. The third kappa shape index (κ3) is 4.45. The number of thiophene rings is 1. The maximum Gasteiger partial charge on any atom is 0.351 e. The Morgan fingerprint density at radius 1 is 1.00 bits per heavy atom. The maximum absolute atomic E-state index is 12.7. The SMILES string of the molecule is O=C(COC(=O)c1sccc1-n1cnnn1)Nc1cc(-c2ccccc2)nn1-c1ccccc1. The van der Waals surface area contributed by atoms with Crippen LogP contribution >= 0.6 is 11.3 Å². The molecular weight excluding hydrogens is 454 g/mol. The van der Waals surface area contributed by atoms with Gasteiger partial charge in [0.2, 0.25) is 0 Å². The number of benzene rings is 2. The van der Waals surface area contributed by atoms with Crippen molar-refractivity contribution in [3.8, 4) is 22.6 Å². The molecule has 3 heterocycles. The number of carbonyl (C=O) groups is 2. The van der Waals surface area contributed by atoms with Gasteiger partial charge >= 0.3 is 5.97 Å². The molecule has 0 spiro atoms. The van der Waals surface area contributed by atoms with Gasteiger partial charge < -0.3 is 10.1 Å². The van der Waals surface area contributed by atoms with Crippen molar-refractivity contribution in [1.82, 2.24) is 30.0 Å². The zero-order valence-corrected chi connectivity index (χ0v) is 18.4. The van der Waals surface area contributed by atoms with Crippen LogP contribution in [0, 0.1) is 0 Å². The minimum Gasteiger partial charge on any atom is -0.451 e. The zero-order chi connectivity index (χ0) is 23.3. The molecule has 0 atom stereocenters. The lowest BCUT2D eigenvalue weighted by Gasteiger charge is -2.09. The minimum absolute atomic E-state index is 0.292. The van der Waals surface area contributed by atoms with E-state index < -0.39 is 18.5 Å². The zero-order valence-electron chi connectivity index (χ0n) is 17.6. The number of tetrazole rings is 1. The van der Waals surface area contributed by atoms with Crippen LogP contribution in [0.1, 0.15) is 9.67 Å². The van der Waals surface area contributed by atoms with Crippen LogP contribution in [0.25, 0.3) is 22.6 Å². The molecule has 0 saturated carbocycles. The Hall–Kier alpha value is -4.64. The molecule has 168 valence electrons. The van der Waals surface area contributed by atoms with Gasteiger partial charge in [-0.1, -0.05) is 48.5 Å². The molecule has 0 radical (unpaired) electrons. The molecule has 34 heavy (non-hydrogen) atoms. The van der Waals surface area contributed by atoms with E-state index in [1.807, 2.05) is 60.7 Å². The van der Waals surface area contributed by atoms with E-state index in [2.05, 4.69) is 25.9 Å². The molecule has 0 aliphatic heterocycles. The molecule has 0 unspecified atom stereocenters. The number of nitrogens with one attached hydrogen (secondary N) is 1. The highest BCUT2D eigenvalue weighted by Gasteiger charge is 2.19. The van der Waals surface area contributed by atoms with Gasteiger partial charge in [0.15, 0.2) is 6.61 Å². The summed E-state index contributed by atoms with van der Waals surface area (Å²) in [4.78, 5) is 25.5. The summed E-state index contributed by atoms with van der Waals surface area (Å²) in [6.45, 7) is -0.466. The number of amides is 1. The van der Waals surface area contributed by atoms with Crippen molar-refractivity contribution in [2.75, 3.05) is 11.9 Å². The van der Waals surface area contributed by atoms with E-state index >= 15 is 0 Å². The van der Waals surface area contributed by atoms with Crippen LogP contribution in [-0.4, -0.2) is 48.5 Å². The van der Waals surface area contributed by atoms with E-state index in [0.717, 1.165) is 11.3 Å². The minimum atomic E-state index is -0.641. The van der Waals surface area contributed by atoms with Crippen molar-refractivity contribution in [3.05, 3.63) is 89.4 Å². The maximum atomic E-state index is 12.7. The number of anilines is 1. The summed E-state index contributed by atoms with van der Waals surface area (Å²) >= 11 is 1.18. The van der Waals surface area contributed by atoms with Crippen molar-refractivity contribution in [1.29, 1.82) is 0 Å². The molecule has 0 saturated heterocycles. The standard InChI is InChI=1S/C23H17N7O3S/c31-21(14-33-23(32)22-19(11-12-34-22)29-15-24-27-28-29)25-20-13-18(16-7-3-1-4-8-16)26-30(20)17-9-5-2-6-10-17/h1-13,15H,14H2,(H,25,31). The van der Waals surface area contributed by atoms with Crippen molar-refractivity contribution < 1.29 is 14.3 Å². The van der Waals surface area contributed by atoms with Crippen LogP contribution in [-0.2, 0) is 9.53 Å². The number of ether oxygens (including phenoxy) is 1. The first-order chi connectivity index (χ1) is 16.7. The lowest BCUT2D eigenvalue weighted by Crippen LogP contribution is -2.22. The molecule has 1 N–H and O–H groups in total. The molecule has 0 bridgehead atoms. The van der Waals surface area contributed by atoms with E-state index in [-0.39, 0.29) is 0 Å². The van der Waals surface area contributed by atoms with Crippen LogP contribution in [0.4, 0.5) is 5.82 Å². The topological polar surface area (TPSA) is 117 Å². The fourth-order valence-electron chi connectivity index (χ4n) is 3.27. The summed E-state index contributed by atoms with van der Waals surface area (Å²) in [5.74, 6) is -0.681. The Balaban J connectivity index is 1.32. The van der Waals surface area contributed by atoms with E-state index in [1.54, 1.807) is 22.2 Å². The number of esters is 1. The summed E-state index contributed by atoms with van der Waals surface area (Å²) < 4.78 is 8.24. The molecule has 11 heteroatoms. The quantitative estimate of drug-likeness (QED) is 0.362. The molecule has 5 rings (SSSR count). The summed E-state index contributed by atoms with van der Waals surface area (Å²) in [7, 11) is 0. The van der Waals surface area contributed by atoms with Crippen LogP contribution in [0.2, 0.25) is 0 Å². The third-order valence-corrected chi connectivity index (χ3v) is 5.69. The molecule has 10 nitrogen and oxygen atoms in total. The van der Waals surface area contributed by atoms with Crippen LogP contribution in [0.5, 0.6) is 0 Å².